The topological polar surface area (TPSA) is 37.8 Å². The van der Waals surface area contributed by atoms with Gasteiger partial charge in [0.1, 0.15) is 0 Å². The van der Waals surface area contributed by atoms with Gasteiger partial charge in [-0.05, 0) is 19.1 Å². The normalized spacial score (nSPS) is 12.2. The van der Waals surface area contributed by atoms with Crippen LogP contribution in [0.2, 0.25) is 15.1 Å². The van der Waals surface area contributed by atoms with E-state index in [4.69, 9.17) is 34.8 Å². The van der Waals surface area contributed by atoms with Crippen molar-refractivity contribution in [3.8, 4) is 0 Å². The summed E-state index contributed by atoms with van der Waals surface area (Å²) >= 11 is 17.9. The number of nitrogens with zero attached hydrogens (tertiary/aromatic N) is 2. The highest BCUT2D eigenvalue weighted by atomic mass is 35.5. The van der Waals surface area contributed by atoms with Crippen LogP contribution in [0.25, 0.3) is 0 Å². The van der Waals surface area contributed by atoms with E-state index in [1.165, 1.54) is 0 Å². The summed E-state index contributed by atoms with van der Waals surface area (Å²) in [6, 6.07) is 3.27. The Morgan fingerprint density at radius 1 is 1.06 bits per heavy atom. The van der Waals surface area contributed by atoms with Crippen molar-refractivity contribution < 1.29 is 0 Å². The maximum Gasteiger partial charge on any atom is 0.0806 e. The van der Waals surface area contributed by atoms with E-state index in [0.29, 0.717) is 20.8 Å². The second-order valence-corrected chi connectivity index (χ2v) is 4.96. The highest BCUT2D eigenvalue weighted by Crippen LogP contribution is 2.33. The second kappa shape index (κ2) is 5.74. The number of aromatic nitrogens is 2. The lowest BCUT2D eigenvalue weighted by Crippen LogP contribution is -2.09. The van der Waals surface area contributed by atoms with Gasteiger partial charge < -0.3 is 5.32 Å². The summed E-state index contributed by atoms with van der Waals surface area (Å²) in [6.07, 6.45) is 4.97. The van der Waals surface area contributed by atoms with E-state index >= 15 is 0 Å². The van der Waals surface area contributed by atoms with E-state index in [2.05, 4.69) is 15.3 Å². The van der Waals surface area contributed by atoms with Crippen molar-refractivity contribution in [3.05, 3.63) is 51.5 Å². The molecule has 3 nitrogen and oxygen atoms in total. The van der Waals surface area contributed by atoms with Crippen molar-refractivity contribution in [2.75, 3.05) is 5.32 Å². The van der Waals surface area contributed by atoms with E-state index in [0.717, 1.165) is 5.69 Å². The zero-order chi connectivity index (χ0) is 13.1. The first-order chi connectivity index (χ1) is 8.58. The third-order valence-electron chi connectivity index (χ3n) is 2.41. The minimum absolute atomic E-state index is 0.0338. The van der Waals surface area contributed by atoms with Crippen LogP contribution in [0.5, 0.6) is 0 Å². The molecule has 18 heavy (non-hydrogen) atoms. The minimum atomic E-state index is -0.0338. The maximum absolute atomic E-state index is 6.09. The Labute approximate surface area is 120 Å². The van der Waals surface area contributed by atoms with Crippen molar-refractivity contribution in [1.82, 2.24) is 9.97 Å². The minimum Gasteiger partial charge on any atom is -0.376 e. The van der Waals surface area contributed by atoms with E-state index in [1.54, 1.807) is 30.7 Å². The Bertz CT molecular complexity index is 546. The fraction of sp³-hybridized carbons (Fsp3) is 0.167. The molecular formula is C12H10Cl3N3. The van der Waals surface area contributed by atoms with Crippen molar-refractivity contribution in [2.24, 2.45) is 0 Å². The molecule has 0 fully saturated rings. The van der Waals surface area contributed by atoms with Gasteiger partial charge in [0, 0.05) is 12.4 Å². The molecule has 1 atom stereocenters. The second-order valence-electron chi connectivity index (χ2n) is 3.74. The average molecular weight is 303 g/mol. The molecule has 94 valence electrons. The number of anilines is 1. The van der Waals surface area contributed by atoms with Crippen LogP contribution >= 0.6 is 34.8 Å². The van der Waals surface area contributed by atoms with Crippen LogP contribution in [0.4, 0.5) is 5.69 Å². The molecule has 0 radical (unpaired) electrons. The zero-order valence-corrected chi connectivity index (χ0v) is 11.8. The van der Waals surface area contributed by atoms with Crippen LogP contribution in [-0.4, -0.2) is 9.97 Å². The predicted molar refractivity (Wildman–Crippen MR) is 75.5 cm³/mol. The van der Waals surface area contributed by atoms with Gasteiger partial charge in [0.15, 0.2) is 0 Å². The van der Waals surface area contributed by atoms with Gasteiger partial charge in [-0.3, -0.25) is 9.97 Å². The number of halogens is 3. The van der Waals surface area contributed by atoms with Crippen molar-refractivity contribution in [3.63, 3.8) is 0 Å². The summed E-state index contributed by atoms with van der Waals surface area (Å²) in [4.78, 5) is 8.24. The van der Waals surface area contributed by atoms with E-state index in [9.17, 15) is 0 Å². The SMILES string of the molecule is CC(Nc1cc(Cl)c(Cl)cc1Cl)c1cnccn1. The van der Waals surface area contributed by atoms with Crippen molar-refractivity contribution in [1.29, 1.82) is 0 Å². The third-order valence-corrected chi connectivity index (χ3v) is 3.44. The van der Waals surface area contributed by atoms with Gasteiger partial charge in [0.2, 0.25) is 0 Å². The number of hydrogen-bond donors (Lipinski definition) is 1. The maximum atomic E-state index is 6.09. The first kappa shape index (κ1) is 13.4. The molecule has 1 unspecified atom stereocenters. The number of hydrogen-bond acceptors (Lipinski definition) is 3. The Morgan fingerprint density at radius 3 is 2.44 bits per heavy atom. The fourth-order valence-electron chi connectivity index (χ4n) is 1.47. The van der Waals surface area contributed by atoms with E-state index in [-0.39, 0.29) is 6.04 Å². The molecule has 1 aromatic carbocycles. The van der Waals surface area contributed by atoms with E-state index in [1.807, 2.05) is 6.92 Å². The van der Waals surface area contributed by atoms with Crippen LogP contribution in [0.15, 0.2) is 30.7 Å². The van der Waals surface area contributed by atoms with Gasteiger partial charge in [0.25, 0.3) is 0 Å². The van der Waals surface area contributed by atoms with Crippen molar-refractivity contribution in [2.45, 2.75) is 13.0 Å². The van der Waals surface area contributed by atoms with Gasteiger partial charge in [-0.2, -0.15) is 0 Å². The van der Waals surface area contributed by atoms with Crippen LogP contribution in [0, 0.1) is 0 Å². The number of nitrogens with one attached hydrogen (secondary N) is 1. The molecule has 0 aliphatic heterocycles. The summed E-state index contributed by atoms with van der Waals surface area (Å²) < 4.78 is 0. The van der Waals surface area contributed by atoms with Crippen LogP contribution in [-0.2, 0) is 0 Å². The molecule has 0 bridgehead atoms. The Balaban J connectivity index is 2.22. The first-order valence-electron chi connectivity index (χ1n) is 5.25. The van der Waals surface area contributed by atoms with Crippen LogP contribution < -0.4 is 5.32 Å². The largest absolute Gasteiger partial charge is 0.376 e. The highest BCUT2D eigenvalue weighted by Gasteiger charge is 2.11. The van der Waals surface area contributed by atoms with Crippen LogP contribution in [0.1, 0.15) is 18.7 Å². The quantitative estimate of drug-likeness (QED) is 0.841. The lowest BCUT2D eigenvalue weighted by atomic mass is 10.2. The Hall–Kier alpha value is -1.03. The van der Waals surface area contributed by atoms with Crippen LogP contribution in [0.3, 0.4) is 0 Å². The molecule has 0 aliphatic rings. The molecule has 0 aliphatic carbocycles. The lowest BCUT2D eigenvalue weighted by molar-refractivity contribution is 0.827. The summed E-state index contributed by atoms with van der Waals surface area (Å²) in [5.41, 5.74) is 1.53. The van der Waals surface area contributed by atoms with Gasteiger partial charge in [-0.15, -0.1) is 0 Å². The van der Waals surface area contributed by atoms with Gasteiger partial charge in [-0.25, -0.2) is 0 Å². The predicted octanol–water partition coefficient (Wildman–Crippen LogP) is 4.61. The molecule has 6 heteroatoms. The molecule has 0 amide bonds. The summed E-state index contributed by atoms with van der Waals surface area (Å²) in [5, 5.41) is 4.61. The molecular weight excluding hydrogens is 293 g/mol. The first-order valence-corrected chi connectivity index (χ1v) is 6.38. The molecule has 1 heterocycles. The van der Waals surface area contributed by atoms with E-state index < -0.39 is 0 Å². The van der Waals surface area contributed by atoms with Gasteiger partial charge in [-0.1, -0.05) is 34.8 Å². The lowest BCUT2D eigenvalue weighted by Gasteiger charge is -2.16. The monoisotopic (exact) mass is 301 g/mol. The van der Waals surface area contributed by atoms with Gasteiger partial charge >= 0.3 is 0 Å². The average Bonchev–Trinajstić information content (AvgIpc) is 2.37. The summed E-state index contributed by atoms with van der Waals surface area (Å²) in [6.45, 7) is 1.96. The Morgan fingerprint density at radius 2 is 1.78 bits per heavy atom. The molecule has 1 N–H and O–H groups in total. The molecule has 2 rings (SSSR count). The zero-order valence-electron chi connectivity index (χ0n) is 9.49. The smallest absolute Gasteiger partial charge is 0.0806 e. The highest BCUT2D eigenvalue weighted by molar-refractivity contribution is 6.44. The molecule has 0 saturated carbocycles. The Kier molecular flexibility index (Phi) is 4.27. The standard InChI is InChI=1S/C12H10Cl3N3/c1-7(12-6-16-2-3-17-12)18-11-5-9(14)8(13)4-10(11)15/h2-7,18H,1H3. The van der Waals surface area contributed by atoms with Gasteiger partial charge in [0.05, 0.1) is 38.7 Å². The summed E-state index contributed by atoms with van der Waals surface area (Å²) in [7, 11) is 0. The molecule has 2 aromatic rings. The molecule has 1 aromatic heterocycles. The fourth-order valence-corrected chi connectivity index (χ4v) is 2.08. The van der Waals surface area contributed by atoms with Crippen molar-refractivity contribution >= 4 is 40.5 Å². The number of benzene rings is 1. The molecule has 0 saturated heterocycles. The summed E-state index contributed by atoms with van der Waals surface area (Å²) in [5.74, 6) is 0. The number of rotatable bonds is 3. The molecule has 0 spiro atoms. The third kappa shape index (κ3) is 3.05.